The first-order valence-electron chi connectivity index (χ1n) is 6.16. The Morgan fingerprint density at radius 2 is 2.12 bits per heavy atom. The smallest absolute Gasteiger partial charge is 0.228 e. The van der Waals surface area contributed by atoms with E-state index < -0.39 is 5.60 Å². The van der Waals surface area contributed by atoms with Crippen LogP contribution in [0, 0.1) is 0 Å². The molecule has 0 fully saturated rings. The fourth-order valence-electron chi connectivity index (χ4n) is 1.49. The highest BCUT2D eigenvalue weighted by Crippen LogP contribution is 2.21. The molecule has 0 bridgehead atoms. The van der Waals surface area contributed by atoms with Gasteiger partial charge in [-0.05, 0) is 20.8 Å². The van der Waals surface area contributed by atoms with E-state index in [2.05, 4.69) is 29.3 Å². The van der Waals surface area contributed by atoms with Crippen molar-refractivity contribution in [1.82, 2.24) is 15.5 Å². The van der Waals surface area contributed by atoms with Crippen LogP contribution >= 0.6 is 0 Å². The van der Waals surface area contributed by atoms with Gasteiger partial charge in [0, 0.05) is 25.6 Å². The molecule has 5 heteroatoms. The minimum absolute atomic E-state index is 0.470. The van der Waals surface area contributed by atoms with Crippen molar-refractivity contribution < 1.29 is 9.26 Å². The first-order chi connectivity index (χ1) is 7.95. The Morgan fingerprint density at radius 1 is 1.41 bits per heavy atom. The van der Waals surface area contributed by atoms with Gasteiger partial charge in [-0.1, -0.05) is 19.0 Å². The average molecular weight is 241 g/mol. The lowest BCUT2D eigenvalue weighted by molar-refractivity contribution is -0.0221. The van der Waals surface area contributed by atoms with Gasteiger partial charge in [0.15, 0.2) is 0 Å². The van der Waals surface area contributed by atoms with E-state index in [1.807, 2.05) is 20.8 Å². The van der Waals surface area contributed by atoms with Gasteiger partial charge in [0.25, 0.3) is 0 Å². The van der Waals surface area contributed by atoms with Crippen molar-refractivity contribution in [2.24, 2.45) is 0 Å². The number of nitrogens with zero attached hydrogens (tertiary/aromatic N) is 2. The molecule has 0 radical (unpaired) electrons. The molecule has 1 rings (SSSR count). The third-order valence-electron chi connectivity index (χ3n) is 2.40. The molecular formula is C12H23N3O2. The van der Waals surface area contributed by atoms with Crippen molar-refractivity contribution in [1.29, 1.82) is 0 Å². The minimum atomic E-state index is -0.484. The fraction of sp³-hybridized carbons (Fsp3) is 0.833. The molecule has 1 aromatic rings. The lowest BCUT2D eigenvalue weighted by atomic mass is 10.1. The minimum Gasteiger partial charge on any atom is -0.368 e. The van der Waals surface area contributed by atoms with E-state index in [4.69, 9.17) is 9.26 Å². The van der Waals surface area contributed by atoms with Gasteiger partial charge >= 0.3 is 0 Å². The van der Waals surface area contributed by atoms with Crippen molar-refractivity contribution >= 4 is 0 Å². The van der Waals surface area contributed by atoms with Crippen molar-refractivity contribution in [2.45, 2.75) is 52.7 Å². The molecule has 1 heterocycles. The maximum absolute atomic E-state index is 5.57. The van der Waals surface area contributed by atoms with Crippen LogP contribution in [0.25, 0.3) is 0 Å². The van der Waals surface area contributed by atoms with Gasteiger partial charge in [-0.25, -0.2) is 0 Å². The largest absolute Gasteiger partial charge is 0.368 e. The molecule has 0 aliphatic heterocycles. The number of ether oxygens (including phenoxy) is 1. The van der Waals surface area contributed by atoms with E-state index in [9.17, 15) is 0 Å². The number of rotatable bonds is 7. The van der Waals surface area contributed by atoms with E-state index in [0.29, 0.717) is 24.4 Å². The van der Waals surface area contributed by atoms with Crippen molar-refractivity contribution in [3.8, 4) is 0 Å². The van der Waals surface area contributed by atoms with Gasteiger partial charge in [0.2, 0.25) is 11.7 Å². The van der Waals surface area contributed by atoms with Crippen LogP contribution in [-0.4, -0.2) is 29.3 Å². The van der Waals surface area contributed by atoms with Gasteiger partial charge in [-0.15, -0.1) is 0 Å². The molecule has 0 unspecified atom stereocenters. The lowest BCUT2D eigenvalue weighted by Gasteiger charge is -2.19. The second-order valence-corrected chi connectivity index (χ2v) is 4.81. The van der Waals surface area contributed by atoms with Gasteiger partial charge in [-0.2, -0.15) is 4.98 Å². The van der Waals surface area contributed by atoms with Crippen LogP contribution in [0.2, 0.25) is 0 Å². The molecule has 0 aliphatic carbocycles. The maximum Gasteiger partial charge on any atom is 0.228 e. The third-order valence-corrected chi connectivity index (χ3v) is 2.40. The maximum atomic E-state index is 5.57. The zero-order valence-electron chi connectivity index (χ0n) is 11.4. The van der Waals surface area contributed by atoms with E-state index in [1.165, 1.54) is 0 Å². The van der Waals surface area contributed by atoms with Crippen molar-refractivity contribution in [2.75, 3.05) is 13.2 Å². The van der Waals surface area contributed by atoms with E-state index in [0.717, 1.165) is 13.0 Å². The van der Waals surface area contributed by atoms with Crippen LogP contribution in [0.4, 0.5) is 0 Å². The molecule has 0 aliphatic rings. The summed E-state index contributed by atoms with van der Waals surface area (Å²) in [7, 11) is 0. The predicted molar refractivity (Wildman–Crippen MR) is 65.8 cm³/mol. The molecule has 0 spiro atoms. The van der Waals surface area contributed by atoms with Crippen LogP contribution < -0.4 is 5.32 Å². The molecule has 1 aromatic heterocycles. The topological polar surface area (TPSA) is 60.2 Å². The van der Waals surface area contributed by atoms with Gasteiger partial charge in [0.05, 0.1) is 0 Å². The van der Waals surface area contributed by atoms with Gasteiger partial charge < -0.3 is 14.6 Å². The second kappa shape index (κ2) is 6.12. The molecule has 0 saturated carbocycles. The van der Waals surface area contributed by atoms with Crippen molar-refractivity contribution in [3.63, 3.8) is 0 Å². The lowest BCUT2D eigenvalue weighted by Crippen LogP contribution is -2.25. The van der Waals surface area contributed by atoms with E-state index in [1.54, 1.807) is 0 Å². The number of hydrogen-bond donors (Lipinski definition) is 1. The van der Waals surface area contributed by atoms with Crippen molar-refractivity contribution in [3.05, 3.63) is 11.7 Å². The molecule has 1 N–H and O–H groups in total. The summed E-state index contributed by atoms with van der Waals surface area (Å²) in [6.45, 7) is 11.5. The Morgan fingerprint density at radius 3 is 2.71 bits per heavy atom. The molecule has 98 valence electrons. The van der Waals surface area contributed by atoms with Crippen LogP contribution in [0.3, 0.4) is 0 Å². The van der Waals surface area contributed by atoms with Crippen LogP contribution in [0.15, 0.2) is 4.52 Å². The van der Waals surface area contributed by atoms with E-state index in [-0.39, 0.29) is 0 Å². The zero-order valence-corrected chi connectivity index (χ0v) is 11.4. The SMILES string of the molecule is CCOC(C)(C)c1noc(CCNC(C)C)n1. The summed E-state index contributed by atoms with van der Waals surface area (Å²) in [5.74, 6) is 1.26. The summed E-state index contributed by atoms with van der Waals surface area (Å²) in [6.07, 6.45) is 0.743. The Hall–Kier alpha value is -0.940. The Bertz CT molecular complexity index is 334. The molecule has 0 atom stereocenters. The highest BCUT2D eigenvalue weighted by Gasteiger charge is 2.26. The normalized spacial score (nSPS) is 12.4. The van der Waals surface area contributed by atoms with E-state index >= 15 is 0 Å². The molecular weight excluding hydrogens is 218 g/mol. The second-order valence-electron chi connectivity index (χ2n) is 4.81. The summed E-state index contributed by atoms with van der Waals surface area (Å²) in [5, 5.41) is 7.27. The number of aromatic nitrogens is 2. The van der Waals surface area contributed by atoms with Gasteiger partial charge in [0.1, 0.15) is 5.60 Å². The molecule has 0 aromatic carbocycles. The monoisotopic (exact) mass is 241 g/mol. The summed E-state index contributed by atoms with van der Waals surface area (Å²) in [6, 6.07) is 0.470. The molecule has 17 heavy (non-hydrogen) atoms. The summed E-state index contributed by atoms with van der Waals surface area (Å²) < 4.78 is 10.8. The summed E-state index contributed by atoms with van der Waals surface area (Å²) >= 11 is 0. The predicted octanol–water partition coefficient (Wildman–Crippen LogP) is 1.88. The Kier molecular flexibility index (Phi) is 5.08. The zero-order chi connectivity index (χ0) is 12.9. The summed E-state index contributed by atoms with van der Waals surface area (Å²) in [5.41, 5.74) is -0.484. The van der Waals surface area contributed by atoms with Gasteiger partial charge in [-0.3, -0.25) is 0 Å². The highest BCUT2D eigenvalue weighted by atomic mass is 16.5. The first kappa shape index (κ1) is 14.1. The molecule has 5 nitrogen and oxygen atoms in total. The summed E-state index contributed by atoms with van der Waals surface area (Å²) in [4.78, 5) is 4.35. The quantitative estimate of drug-likeness (QED) is 0.789. The van der Waals surface area contributed by atoms with Crippen LogP contribution in [0.5, 0.6) is 0 Å². The highest BCUT2D eigenvalue weighted by molar-refractivity contribution is 4.97. The molecule has 0 amide bonds. The third kappa shape index (κ3) is 4.44. The van der Waals surface area contributed by atoms with Crippen LogP contribution in [0.1, 0.15) is 46.3 Å². The van der Waals surface area contributed by atoms with Crippen LogP contribution in [-0.2, 0) is 16.8 Å². The Balaban J connectivity index is 2.53. The molecule has 0 saturated heterocycles. The number of nitrogens with one attached hydrogen (secondary N) is 1. The average Bonchev–Trinajstić information content (AvgIpc) is 2.66. The fourth-order valence-corrected chi connectivity index (χ4v) is 1.49. The number of hydrogen-bond acceptors (Lipinski definition) is 5. The standard InChI is InChI=1S/C12H23N3O2/c1-6-16-12(4,5)11-14-10(17-15-11)7-8-13-9(2)3/h9,13H,6-8H2,1-5H3. The first-order valence-corrected chi connectivity index (χ1v) is 6.16. The Labute approximate surface area is 103 Å².